The minimum atomic E-state index is -0.0451. The Morgan fingerprint density at radius 3 is 2.70 bits per heavy atom. The van der Waals surface area contributed by atoms with Crippen molar-refractivity contribution in [3.8, 4) is 0 Å². The van der Waals surface area contributed by atoms with Gasteiger partial charge in [0, 0.05) is 18.3 Å². The number of thioether (sulfide) groups is 1. The van der Waals surface area contributed by atoms with Crippen LogP contribution in [0.25, 0.3) is 0 Å². The van der Waals surface area contributed by atoms with Gasteiger partial charge in [0.15, 0.2) is 5.78 Å². The van der Waals surface area contributed by atoms with Gasteiger partial charge >= 0.3 is 0 Å². The van der Waals surface area contributed by atoms with Gasteiger partial charge in [-0.3, -0.25) is 9.59 Å². The molecular weight excluding hydrogens is 332 g/mol. The SMILES string of the molecule is CC(=O)NCCc1ccc(C(=O)CSc2nnc(C)c(C)n2)s1. The number of hydrogen-bond donors (Lipinski definition) is 1. The van der Waals surface area contributed by atoms with Gasteiger partial charge in [0.2, 0.25) is 11.1 Å². The van der Waals surface area contributed by atoms with E-state index in [0.29, 0.717) is 16.6 Å². The van der Waals surface area contributed by atoms with Crippen LogP contribution in [0.1, 0.15) is 32.9 Å². The zero-order chi connectivity index (χ0) is 16.8. The summed E-state index contributed by atoms with van der Waals surface area (Å²) >= 11 is 2.76. The fourth-order valence-electron chi connectivity index (χ4n) is 1.72. The molecule has 0 unspecified atom stereocenters. The quantitative estimate of drug-likeness (QED) is 0.609. The molecule has 2 rings (SSSR count). The molecule has 8 heteroatoms. The van der Waals surface area contributed by atoms with Gasteiger partial charge in [-0.2, -0.15) is 5.10 Å². The fraction of sp³-hybridized carbons (Fsp3) is 0.400. The molecule has 2 aromatic heterocycles. The normalized spacial score (nSPS) is 10.6. The summed E-state index contributed by atoms with van der Waals surface area (Å²) < 4.78 is 0. The number of hydrogen-bond acceptors (Lipinski definition) is 7. The Morgan fingerprint density at radius 1 is 1.22 bits per heavy atom. The van der Waals surface area contributed by atoms with Gasteiger partial charge in [0.05, 0.1) is 22.0 Å². The van der Waals surface area contributed by atoms with Gasteiger partial charge in [-0.15, -0.1) is 16.4 Å². The maximum Gasteiger partial charge on any atom is 0.216 e. The molecule has 0 radical (unpaired) electrons. The number of aromatic nitrogens is 3. The molecule has 1 N–H and O–H groups in total. The molecule has 0 aliphatic heterocycles. The molecule has 0 saturated heterocycles. The third-order valence-corrected chi connectivity index (χ3v) is 5.11. The molecule has 0 atom stereocenters. The number of rotatable bonds is 7. The average Bonchev–Trinajstić information content (AvgIpc) is 2.97. The highest BCUT2D eigenvalue weighted by Gasteiger charge is 2.12. The van der Waals surface area contributed by atoms with Crippen LogP contribution < -0.4 is 5.32 Å². The van der Waals surface area contributed by atoms with Crippen molar-refractivity contribution in [1.29, 1.82) is 0 Å². The standard InChI is InChI=1S/C15H18N4O2S2/c1-9-10(2)18-19-15(17-9)22-8-13(21)14-5-4-12(23-14)6-7-16-11(3)20/h4-5H,6-8H2,1-3H3,(H,16,20). The molecule has 0 spiro atoms. The molecule has 0 aliphatic rings. The second-order valence-corrected chi connectivity index (χ2v) is 7.09. The van der Waals surface area contributed by atoms with E-state index in [4.69, 9.17) is 0 Å². The van der Waals surface area contributed by atoms with E-state index in [9.17, 15) is 9.59 Å². The summed E-state index contributed by atoms with van der Waals surface area (Å²) in [5, 5.41) is 11.2. The molecule has 23 heavy (non-hydrogen) atoms. The summed E-state index contributed by atoms with van der Waals surface area (Å²) in [6.45, 7) is 5.80. The first-order valence-corrected chi connectivity index (χ1v) is 8.93. The first-order valence-electron chi connectivity index (χ1n) is 7.13. The van der Waals surface area contributed by atoms with Crippen LogP contribution in [0.3, 0.4) is 0 Å². The summed E-state index contributed by atoms with van der Waals surface area (Å²) in [5.74, 6) is 0.291. The summed E-state index contributed by atoms with van der Waals surface area (Å²) in [5.41, 5.74) is 1.62. The summed E-state index contributed by atoms with van der Waals surface area (Å²) in [7, 11) is 0. The first-order chi connectivity index (χ1) is 11.0. The number of aryl methyl sites for hydroxylation is 2. The number of carbonyl (C=O) groups excluding carboxylic acids is 2. The summed E-state index contributed by atoms with van der Waals surface area (Å²) in [4.78, 5) is 29.1. The number of ketones is 1. The average molecular weight is 350 g/mol. The largest absolute Gasteiger partial charge is 0.356 e. The first kappa shape index (κ1) is 17.6. The van der Waals surface area contributed by atoms with Crippen molar-refractivity contribution in [2.24, 2.45) is 0 Å². The van der Waals surface area contributed by atoms with Crippen molar-refractivity contribution >= 4 is 34.8 Å². The molecule has 6 nitrogen and oxygen atoms in total. The van der Waals surface area contributed by atoms with Crippen molar-refractivity contribution in [3.05, 3.63) is 33.3 Å². The van der Waals surface area contributed by atoms with Crippen molar-refractivity contribution in [1.82, 2.24) is 20.5 Å². The topological polar surface area (TPSA) is 84.8 Å². The van der Waals surface area contributed by atoms with Crippen LogP contribution in [0, 0.1) is 13.8 Å². The van der Waals surface area contributed by atoms with Crippen LogP contribution >= 0.6 is 23.1 Å². The Kier molecular flexibility index (Phi) is 6.23. The van der Waals surface area contributed by atoms with E-state index in [1.54, 1.807) is 0 Å². The Labute approximate surface area is 143 Å². The number of thiophene rings is 1. The number of nitrogens with zero attached hydrogens (tertiary/aromatic N) is 3. The van der Waals surface area contributed by atoms with E-state index in [-0.39, 0.29) is 17.4 Å². The lowest BCUT2D eigenvalue weighted by Gasteiger charge is -2.01. The zero-order valence-electron chi connectivity index (χ0n) is 13.3. The van der Waals surface area contributed by atoms with E-state index in [1.807, 2.05) is 26.0 Å². The van der Waals surface area contributed by atoms with E-state index < -0.39 is 0 Å². The van der Waals surface area contributed by atoms with E-state index in [1.165, 1.54) is 30.0 Å². The Balaban J connectivity index is 1.87. The highest BCUT2D eigenvalue weighted by atomic mass is 32.2. The van der Waals surface area contributed by atoms with Crippen molar-refractivity contribution in [3.63, 3.8) is 0 Å². The Hall–Kier alpha value is -1.80. The highest BCUT2D eigenvalue weighted by molar-refractivity contribution is 7.99. The minimum absolute atomic E-state index is 0.0451. The Bertz CT molecular complexity index is 715. The lowest BCUT2D eigenvalue weighted by molar-refractivity contribution is -0.118. The number of amides is 1. The Morgan fingerprint density at radius 2 is 2.00 bits per heavy atom. The molecule has 0 aliphatic carbocycles. The lowest BCUT2D eigenvalue weighted by Crippen LogP contribution is -2.22. The van der Waals surface area contributed by atoms with E-state index in [2.05, 4.69) is 20.5 Å². The second kappa shape index (κ2) is 8.16. The van der Waals surface area contributed by atoms with Gasteiger partial charge in [-0.05, 0) is 32.4 Å². The van der Waals surface area contributed by atoms with Gasteiger partial charge in [0.25, 0.3) is 0 Å². The molecule has 2 heterocycles. The highest BCUT2D eigenvalue weighted by Crippen LogP contribution is 2.21. The maximum absolute atomic E-state index is 12.2. The molecule has 0 bridgehead atoms. The lowest BCUT2D eigenvalue weighted by atomic mass is 10.3. The van der Waals surface area contributed by atoms with Gasteiger partial charge in [-0.25, -0.2) is 4.98 Å². The molecule has 1 amide bonds. The number of nitrogens with one attached hydrogen (secondary N) is 1. The molecule has 0 aromatic carbocycles. The van der Waals surface area contributed by atoms with Gasteiger partial charge < -0.3 is 5.32 Å². The smallest absolute Gasteiger partial charge is 0.216 e. The van der Waals surface area contributed by atoms with Crippen LogP contribution in [0.2, 0.25) is 0 Å². The molecule has 2 aromatic rings. The van der Waals surface area contributed by atoms with Crippen molar-refractivity contribution in [2.75, 3.05) is 12.3 Å². The van der Waals surface area contributed by atoms with Crippen molar-refractivity contribution < 1.29 is 9.59 Å². The summed E-state index contributed by atoms with van der Waals surface area (Å²) in [6, 6.07) is 3.76. The van der Waals surface area contributed by atoms with Crippen molar-refractivity contribution in [2.45, 2.75) is 32.3 Å². The second-order valence-electron chi connectivity index (χ2n) is 4.98. The minimum Gasteiger partial charge on any atom is -0.356 e. The predicted octanol–water partition coefficient (Wildman–Crippen LogP) is 2.20. The molecule has 0 saturated carbocycles. The third kappa shape index (κ3) is 5.40. The molecule has 0 fully saturated rings. The predicted molar refractivity (Wildman–Crippen MR) is 91.1 cm³/mol. The molecular formula is C15H18N4O2S2. The maximum atomic E-state index is 12.2. The molecule has 122 valence electrons. The number of Topliss-reactive ketones (excluding diaryl/α,β-unsaturated/α-hetero) is 1. The van der Waals surface area contributed by atoms with Crippen LogP contribution in [0.4, 0.5) is 0 Å². The fourth-order valence-corrected chi connectivity index (χ4v) is 3.47. The van der Waals surface area contributed by atoms with E-state index >= 15 is 0 Å². The van der Waals surface area contributed by atoms with Crippen LogP contribution in [0.15, 0.2) is 17.3 Å². The van der Waals surface area contributed by atoms with Crippen LogP contribution in [-0.2, 0) is 11.2 Å². The van der Waals surface area contributed by atoms with Crippen LogP contribution in [-0.4, -0.2) is 39.2 Å². The van der Waals surface area contributed by atoms with Gasteiger partial charge in [0.1, 0.15) is 0 Å². The monoisotopic (exact) mass is 350 g/mol. The number of carbonyl (C=O) groups is 2. The third-order valence-electron chi connectivity index (χ3n) is 3.09. The summed E-state index contributed by atoms with van der Waals surface area (Å²) in [6.07, 6.45) is 0.731. The van der Waals surface area contributed by atoms with E-state index in [0.717, 1.165) is 22.7 Å². The van der Waals surface area contributed by atoms with Crippen LogP contribution in [0.5, 0.6) is 0 Å². The zero-order valence-corrected chi connectivity index (χ0v) is 14.9. The van der Waals surface area contributed by atoms with Gasteiger partial charge in [-0.1, -0.05) is 11.8 Å².